The number of carbonyl (C=O) groups is 2. The van der Waals surface area contributed by atoms with Crippen molar-refractivity contribution in [2.75, 3.05) is 13.2 Å². The molecule has 0 radical (unpaired) electrons. The van der Waals surface area contributed by atoms with Gasteiger partial charge in [0.15, 0.2) is 0 Å². The Morgan fingerprint density at radius 3 is 1.25 bits per heavy atom. The molecular formula is C57H105NO5. The van der Waals surface area contributed by atoms with Crippen LogP contribution < -0.4 is 5.32 Å². The zero-order valence-electron chi connectivity index (χ0n) is 41.8. The van der Waals surface area contributed by atoms with Crippen LogP contribution in [-0.4, -0.2) is 47.4 Å². The molecule has 0 saturated carbocycles. The lowest BCUT2D eigenvalue weighted by atomic mass is 10.0. The maximum Gasteiger partial charge on any atom is 0.305 e. The van der Waals surface area contributed by atoms with Crippen molar-refractivity contribution >= 4 is 11.9 Å². The summed E-state index contributed by atoms with van der Waals surface area (Å²) in [6.45, 7) is 4.84. The molecule has 63 heavy (non-hydrogen) atoms. The van der Waals surface area contributed by atoms with Gasteiger partial charge < -0.3 is 20.3 Å². The van der Waals surface area contributed by atoms with E-state index in [2.05, 4.69) is 55.6 Å². The highest BCUT2D eigenvalue weighted by atomic mass is 16.5. The van der Waals surface area contributed by atoms with Crippen molar-refractivity contribution in [3.8, 4) is 0 Å². The summed E-state index contributed by atoms with van der Waals surface area (Å²) >= 11 is 0. The van der Waals surface area contributed by atoms with Crippen LogP contribution in [0.4, 0.5) is 0 Å². The van der Waals surface area contributed by atoms with E-state index >= 15 is 0 Å². The van der Waals surface area contributed by atoms with Crippen LogP contribution in [0.3, 0.4) is 0 Å². The van der Waals surface area contributed by atoms with E-state index < -0.39 is 12.1 Å². The van der Waals surface area contributed by atoms with Gasteiger partial charge in [-0.25, -0.2) is 0 Å². The van der Waals surface area contributed by atoms with Gasteiger partial charge in [-0.05, 0) is 89.9 Å². The van der Waals surface area contributed by atoms with Gasteiger partial charge >= 0.3 is 5.97 Å². The Hall–Kier alpha value is -2.18. The highest BCUT2D eigenvalue weighted by molar-refractivity contribution is 5.76. The fourth-order valence-electron chi connectivity index (χ4n) is 8.07. The van der Waals surface area contributed by atoms with E-state index in [1.165, 1.54) is 193 Å². The number of hydrogen-bond acceptors (Lipinski definition) is 5. The first-order valence-electron chi connectivity index (χ1n) is 27.4. The molecule has 0 aromatic heterocycles. The number of allylic oxidation sites excluding steroid dienone is 7. The van der Waals surface area contributed by atoms with Gasteiger partial charge in [0.05, 0.1) is 25.4 Å². The smallest absolute Gasteiger partial charge is 0.305 e. The summed E-state index contributed by atoms with van der Waals surface area (Å²) in [5.74, 6) is -0.0863. The lowest BCUT2D eigenvalue weighted by Gasteiger charge is -2.20. The third-order valence-corrected chi connectivity index (χ3v) is 12.3. The summed E-state index contributed by atoms with van der Waals surface area (Å²) < 4.78 is 5.47. The van der Waals surface area contributed by atoms with Crippen molar-refractivity contribution in [2.24, 2.45) is 0 Å². The predicted octanol–water partition coefficient (Wildman–Crippen LogP) is 16.6. The minimum absolute atomic E-state index is 0.00736. The number of aliphatic hydroxyl groups excluding tert-OH is 2. The summed E-state index contributed by atoms with van der Waals surface area (Å²) in [5, 5.41) is 22.9. The summed E-state index contributed by atoms with van der Waals surface area (Å²) in [4.78, 5) is 24.4. The molecule has 0 aliphatic rings. The average molecular weight is 884 g/mol. The quantitative estimate of drug-likeness (QED) is 0.0321. The number of ether oxygens (including phenoxy) is 1. The molecule has 0 spiro atoms. The third kappa shape index (κ3) is 49.1. The molecule has 0 aromatic carbocycles. The second-order valence-electron chi connectivity index (χ2n) is 18.5. The van der Waals surface area contributed by atoms with Crippen molar-refractivity contribution in [2.45, 2.75) is 289 Å². The molecule has 6 nitrogen and oxygen atoms in total. The van der Waals surface area contributed by atoms with Gasteiger partial charge in [0, 0.05) is 12.8 Å². The second kappa shape index (κ2) is 52.4. The molecule has 0 saturated heterocycles. The van der Waals surface area contributed by atoms with Crippen LogP contribution >= 0.6 is 0 Å². The molecule has 368 valence electrons. The molecule has 0 fully saturated rings. The van der Waals surface area contributed by atoms with E-state index in [0.717, 1.165) is 57.8 Å². The van der Waals surface area contributed by atoms with Crippen molar-refractivity contribution < 1.29 is 24.5 Å². The van der Waals surface area contributed by atoms with E-state index in [0.29, 0.717) is 19.4 Å². The van der Waals surface area contributed by atoms with E-state index in [1.54, 1.807) is 6.08 Å². The molecule has 1 amide bonds. The number of amides is 1. The van der Waals surface area contributed by atoms with E-state index in [1.807, 2.05) is 6.08 Å². The molecule has 3 N–H and O–H groups in total. The van der Waals surface area contributed by atoms with Gasteiger partial charge in [-0.1, -0.05) is 223 Å². The van der Waals surface area contributed by atoms with Gasteiger partial charge in [-0.15, -0.1) is 0 Å². The average Bonchev–Trinajstić information content (AvgIpc) is 3.28. The number of hydrogen-bond donors (Lipinski definition) is 3. The lowest BCUT2D eigenvalue weighted by molar-refractivity contribution is -0.143. The van der Waals surface area contributed by atoms with Gasteiger partial charge in [0.1, 0.15) is 0 Å². The monoisotopic (exact) mass is 884 g/mol. The number of nitrogens with one attached hydrogen (secondary N) is 1. The number of unbranched alkanes of at least 4 members (excludes halogenated alkanes) is 33. The first-order valence-corrected chi connectivity index (χ1v) is 27.4. The van der Waals surface area contributed by atoms with Crippen molar-refractivity contribution in [3.05, 3.63) is 48.6 Å². The van der Waals surface area contributed by atoms with Crippen molar-refractivity contribution in [1.82, 2.24) is 5.32 Å². The van der Waals surface area contributed by atoms with Gasteiger partial charge in [-0.3, -0.25) is 9.59 Å². The largest absolute Gasteiger partial charge is 0.466 e. The molecule has 2 atom stereocenters. The second-order valence-corrected chi connectivity index (χ2v) is 18.5. The number of aliphatic hydroxyl groups is 2. The minimum Gasteiger partial charge on any atom is -0.466 e. The lowest BCUT2D eigenvalue weighted by Crippen LogP contribution is -2.45. The van der Waals surface area contributed by atoms with Gasteiger partial charge in [0.25, 0.3) is 0 Å². The number of rotatable bonds is 50. The first-order chi connectivity index (χ1) is 31.0. The van der Waals surface area contributed by atoms with E-state index in [9.17, 15) is 19.8 Å². The SMILES string of the molecule is CCCCC/C=C\C/C=C\CCCCCCCC(=O)OCCCCCCCCCCCC/C=C\CCCCCCCCCC(=O)NC(CO)C(O)/C=C/CCCCCCCCCC. The maximum absolute atomic E-state index is 12.4. The summed E-state index contributed by atoms with van der Waals surface area (Å²) in [5.41, 5.74) is 0. The Labute approximate surface area is 391 Å². The Bertz CT molecular complexity index is 1070. The Morgan fingerprint density at radius 2 is 0.794 bits per heavy atom. The van der Waals surface area contributed by atoms with E-state index in [4.69, 9.17) is 4.74 Å². The first kappa shape index (κ1) is 60.8. The molecular weight excluding hydrogens is 779 g/mol. The predicted molar refractivity (Wildman–Crippen MR) is 273 cm³/mol. The van der Waals surface area contributed by atoms with Crippen LogP contribution in [-0.2, 0) is 14.3 Å². The zero-order chi connectivity index (χ0) is 45.8. The molecule has 0 aliphatic heterocycles. The van der Waals surface area contributed by atoms with Crippen LogP contribution in [0, 0.1) is 0 Å². The van der Waals surface area contributed by atoms with Crippen molar-refractivity contribution in [1.29, 1.82) is 0 Å². The fourth-order valence-corrected chi connectivity index (χ4v) is 8.07. The van der Waals surface area contributed by atoms with Crippen LogP contribution in [0.2, 0.25) is 0 Å². The Morgan fingerprint density at radius 1 is 0.444 bits per heavy atom. The molecule has 0 bridgehead atoms. The third-order valence-electron chi connectivity index (χ3n) is 12.3. The normalized spacial score (nSPS) is 13.0. The molecule has 2 unspecified atom stereocenters. The highest BCUT2D eigenvalue weighted by Crippen LogP contribution is 2.15. The van der Waals surface area contributed by atoms with Crippen LogP contribution in [0.15, 0.2) is 48.6 Å². The molecule has 6 heteroatoms. The molecule has 0 aliphatic carbocycles. The van der Waals surface area contributed by atoms with Crippen LogP contribution in [0.1, 0.15) is 277 Å². The summed E-state index contributed by atoms with van der Waals surface area (Å²) in [6, 6.07) is -0.632. The molecule has 0 rings (SSSR count). The Balaban J connectivity index is 3.44. The minimum atomic E-state index is -0.848. The summed E-state index contributed by atoms with van der Waals surface area (Å²) in [6.07, 6.45) is 65.6. The number of esters is 1. The maximum atomic E-state index is 12.4. The standard InChI is InChI=1S/C57H105NO5/c1-3-5-7-9-11-13-15-16-24-28-31-35-39-43-47-51-57(62)63-52-48-44-40-36-32-29-26-23-21-19-17-18-20-22-25-27-30-34-38-42-46-50-56(61)58-54(53-59)55(60)49-45-41-37-33-14-12-10-8-6-4-2/h11,13,16,18,20,24,45,49,54-55,59-60H,3-10,12,14-15,17,19,21-23,25-44,46-48,50-53H2,1-2H3,(H,58,61)/b13-11-,20-18-,24-16-,49-45+. The van der Waals surface area contributed by atoms with Gasteiger partial charge in [-0.2, -0.15) is 0 Å². The van der Waals surface area contributed by atoms with Crippen molar-refractivity contribution in [3.63, 3.8) is 0 Å². The zero-order valence-corrected chi connectivity index (χ0v) is 41.8. The molecule has 0 aromatic rings. The van der Waals surface area contributed by atoms with Crippen LogP contribution in [0.5, 0.6) is 0 Å². The van der Waals surface area contributed by atoms with E-state index in [-0.39, 0.29) is 18.5 Å². The fraction of sp³-hybridized carbons (Fsp3) is 0.825. The highest BCUT2D eigenvalue weighted by Gasteiger charge is 2.18. The van der Waals surface area contributed by atoms with Gasteiger partial charge in [0.2, 0.25) is 5.91 Å². The topological polar surface area (TPSA) is 95.9 Å². The molecule has 0 heterocycles. The summed E-state index contributed by atoms with van der Waals surface area (Å²) in [7, 11) is 0. The number of carbonyl (C=O) groups excluding carboxylic acids is 2. The Kier molecular flexibility index (Phi) is 50.6. The van der Waals surface area contributed by atoms with Crippen LogP contribution in [0.25, 0.3) is 0 Å².